The van der Waals surface area contributed by atoms with Crippen molar-refractivity contribution in [2.75, 3.05) is 12.9 Å². The number of aromatic amines is 1. The number of benzene rings is 1. The summed E-state index contributed by atoms with van der Waals surface area (Å²) in [5.41, 5.74) is 0.930. The number of hydrogen-bond donors (Lipinski definition) is 1. The molecule has 1 aromatic heterocycles. The van der Waals surface area contributed by atoms with Crippen LogP contribution >= 0.6 is 11.8 Å². The van der Waals surface area contributed by atoms with Crippen LogP contribution in [0.5, 0.6) is 5.75 Å². The summed E-state index contributed by atoms with van der Waals surface area (Å²) in [4.78, 5) is 17.7. The lowest BCUT2D eigenvalue weighted by molar-refractivity contribution is -0.141. The van der Waals surface area contributed by atoms with Crippen LogP contribution in [0.4, 0.5) is 0 Å². The van der Waals surface area contributed by atoms with E-state index in [0.717, 1.165) is 54.2 Å². The second-order valence-electron chi connectivity index (χ2n) is 8.60. The Kier molecular flexibility index (Phi) is 4.26. The van der Waals surface area contributed by atoms with Crippen molar-refractivity contribution in [3.8, 4) is 17.1 Å². The third kappa shape index (κ3) is 3.18. The van der Waals surface area contributed by atoms with Gasteiger partial charge in [0.25, 0.3) is 0 Å². The highest BCUT2D eigenvalue weighted by Crippen LogP contribution is 2.60. The van der Waals surface area contributed by atoms with Crippen molar-refractivity contribution >= 4 is 17.5 Å². The molecule has 0 spiro atoms. The molecule has 6 rings (SSSR count). The Morgan fingerprint density at radius 1 is 1.15 bits per heavy atom. The summed E-state index contributed by atoms with van der Waals surface area (Å²) in [6, 6.07) is 7.71. The number of ketones is 1. The first-order valence-electron chi connectivity index (χ1n) is 9.86. The predicted octanol–water partition coefficient (Wildman–Crippen LogP) is 4.36. The van der Waals surface area contributed by atoms with Crippen LogP contribution in [0.2, 0.25) is 0 Å². The van der Waals surface area contributed by atoms with Crippen LogP contribution in [0.25, 0.3) is 11.4 Å². The molecule has 1 heterocycles. The van der Waals surface area contributed by atoms with Crippen LogP contribution < -0.4 is 4.74 Å². The number of ether oxygens (including phenoxy) is 1. The van der Waals surface area contributed by atoms with Gasteiger partial charge in [-0.2, -0.15) is 0 Å². The van der Waals surface area contributed by atoms with Gasteiger partial charge in [-0.1, -0.05) is 11.8 Å². The maximum absolute atomic E-state index is 13.1. The van der Waals surface area contributed by atoms with Gasteiger partial charge in [0, 0.05) is 11.0 Å². The van der Waals surface area contributed by atoms with Gasteiger partial charge >= 0.3 is 0 Å². The minimum absolute atomic E-state index is 0.0309. The molecule has 0 amide bonds. The van der Waals surface area contributed by atoms with Crippen molar-refractivity contribution in [2.45, 2.75) is 43.7 Å². The van der Waals surface area contributed by atoms with Crippen molar-refractivity contribution in [1.82, 2.24) is 15.2 Å². The molecule has 1 N–H and O–H groups in total. The molecule has 5 nitrogen and oxygen atoms in total. The van der Waals surface area contributed by atoms with E-state index in [4.69, 9.17) is 4.74 Å². The molecule has 0 radical (unpaired) electrons. The molecule has 0 unspecified atom stereocenters. The number of carbonyl (C=O) groups excluding carboxylic acids is 1. The highest BCUT2D eigenvalue weighted by Gasteiger charge is 2.54. The van der Waals surface area contributed by atoms with E-state index in [9.17, 15) is 4.79 Å². The lowest BCUT2D eigenvalue weighted by Crippen LogP contribution is -2.50. The van der Waals surface area contributed by atoms with Crippen LogP contribution in [0.1, 0.15) is 38.5 Å². The zero-order chi connectivity index (χ0) is 18.4. The molecule has 6 heteroatoms. The van der Waals surface area contributed by atoms with Crippen molar-refractivity contribution in [3.05, 3.63) is 24.3 Å². The lowest BCUT2D eigenvalue weighted by atomic mass is 9.48. The Hall–Kier alpha value is -1.82. The van der Waals surface area contributed by atoms with Gasteiger partial charge in [0.15, 0.2) is 5.82 Å². The molecule has 0 saturated heterocycles. The van der Waals surface area contributed by atoms with Gasteiger partial charge < -0.3 is 4.74 Å². The second-order valence-corrected chi connectivity index (χ2v) is 9.55. The van der Waals surface area contributed by atoms with E-state index in [-0.39, 0.29) is 5.41 Å². The molecule has 142 valence electrons. The molecule has 4 aliphatic rings. The minimum atomic E-state index is -0.0309. The van der Waals surface area contributed by atoms with Crippen molar-refractivity contribution in [2.24, 2.45) is 23.2 Å². The number of nitrogens with one attached hydrogen (secondary N) is 1. The first-order valence-corrected chi connectivity index (χ1v) is 10.8. The zero-order valence-corrected chi connectivity index (χ0v) is 16.4. The average Bonchev–Trinajstić information content (AvgIpc) is 3.14. The van der Waals surface area contributed by atoms with Crippen LogP contribution in [0.3, 0.4) is 0 Å². The summed E-state index contributed by atoms with van der Waals surface area (Å²) >= 11 is 1.47. The van der Waals surface area contributed by atoms with Gasteiger partial charge in [-0.05, 0) is 80.5 Å². The Morgan fingerprint density at radius 2 is 1.78 bits per heavy atom. The van der Waals surface area contributed by atoms with Crippen molar-refractivity contribution in [3.63, 3.8) is 0 Å². The normalized spacial score (nSPS) is 31.2. The predicted molar refractivity (Wildman–Crippen MR) is 105 cm³/mol. The molecule has 4 bridgehead atoms. The van der Waals surface area contributed by atoms with E-state index in [2.05, 4.69) is 15.2 Å². The van der Waals surface area contributed by atoms with Gasteiger partial charge in [0.1, 0.15) is 11.5 Å². The standard InChI is InChI=1S/C21H25N3O2S/c1-26-17-4-2-16(3-5-17)19-22-20(24-23-19)27-12-18(25)21-9-13-6-14(10-21)8-15(7-13)11-21/h2-5,13-15H,6-12H2,1H3,(H,22,23,24). The van der Waals surface area contributed by atoms with E-state index >= 15 is 0 Å². The maximum atomic E-state index is 13.1. The SMILES string of the molecule is COc1ccc(-c2nc(SCC(=O)C34CC5CC(CC(C5)C3)C4)n[nH]2)cc1. The number of carbonyl (C=O) groups is 1. The number of Topliss-reactive ketones (excluding diaryl/α,β-unsaturated/α-hetero) is 1. The Balaban J connectivity index is 1.24. The second kappa shape index (κ2) is 6.66. The first kappa shape index (κ1) is 17.3. The molecule has 0 atom stereocenters. The number of aromatic nitrogens is 3. The van der Waals surface area contributed by atoms with Crippen LogP contribution in [-0.2, 0) is 4.79 Å². The number of H-pyrrole nitrogens is 1. The summed E-state index contributed by atoms with van der Waals surface area (Å²) in [6.07, 6.45) is 7.49. The number of methoxy groups -OCH3 is 1. The summed E-state index contributed by atoms with van der Waals surface area (Å²) in [7, 11) is 1.65. The van der Waals surface area contributed by atoms with E-state index < -0.39 is 0 Å². The highest BCUT2D eigenvalue weighted by molar-refractivity contribution is 7.99. The van der Waals surface area contributed by atoms with Crippen LogP contribution in [0.15, 0.2) is 29.4 Å². The summed E-state index contributed by atoms with van der Waals surface area (Å²) < 4.78 is 5.19. The number of thioether (sulfide) groups is 1. The topological polar surface area (TPSA) is 67.9 Å². The third-order valence-corrected chi connectivity index (χ3v) is 7.64. The number of nitrogens with zero attached hydrogens (tertiary/aromatic N) is 2. The molecular formula is C21H25N3O2S. The van der Waals surface area contributed by atoms with Gasteiger partial charge in [0.2, 0.25) is 5.16 Å². The van der Waals surface area contributed by atoms with E-state index in [1.807, 2.05) is 24.3 Å². The summed E-state index contributed by atoms with van der Waals surface area (Å²) in [5, 5.41) is 7.93. The first-order chi connectivity index (χ1) is 13.1. The quantitative estimate of drug-likeness (QED) is 0.751. The molecule has 1 aromatic carbocycles. The smallest absolute Gasteiger partial charge is 0.209 e. The monoisotopic (exact) mass is 383 g/mol. The molecule has 2 aromatic rings. The molecular weight excluding hydrogens is 358 g/mol. The summed E-state index contributed by atoms with van der Waals surface area (Å²) in [6.45, 7) is 0. The van der Waals surface area contributed by atoms with Crippen molar-refractivity contribution < 1.29 is 9.53 Å². The Labute approximate surface area is 163 Å². The molecule has 0 aliphatic heterocycles. The van der Waals surface area contributed by atoms with Gasteiger partial charge in [-0.25, -0.2) is 4.98 Å². The van der Waals surface area contributed by atoms with E-state index in [1.165, 1.54) is 31.0 Å². The number of rotatable bonds is 6. The molecule has 4 saturated carbocycles. The number of hydrogen-bond acceptors (Lipinski definition) is 5. The maximum Gasteiger partial charge on any atom is 0.209 e. The van der Waals surface area contributed by atoms with Crippen LogP contribution in [-0.4, -0.2) is 33.8 Å². The van der Waals surface area contributed by atoms with Crippen molar-refractivity contribution in [1.29, 1.82) is 0 Å². The fraction of sp³-hybridized carbons (Fsp3) is 0.571. The van der Waals surface area contributed by atoms with Crippen LogP contribution in [0, 0.1) is 23.2 Å². The largest absolute Gasteiger partial charge is 0.497 e. The molecule has 4 fully saturated rings. The van der Waals surface area contributed by atoms with E-state index in [0.29, 0.717) is 16.7 Å². The summed E-state index contributed by atoms with van der Waals surface area (Å²) in [5.74, 6) is 4.87. The van der Waals surface area contributed by atoms with Gasteiger partial charge in [-0.15, -0.1) is 5.10 Å². The Morgan fingerprint density at radius 3 is 2.37 bits per heavy atom. The average molecular weight is 384 g/mol. The third-order valence-electron chi connectivity index (χ3n) is 6.79. The Bertz CT molecular complexity index is 810. The fourth-order valence-electron chi connectivity index (χ4n) is 5.92. The fourth-order valence-corrected chi connectivity index (χ4v) is 6.76. The van der Waals surface area contributed by atoms with Gasteiger partial charge in [0.05, 0.1) is 12.9 Å². The highest BCUT2D eigenvalue weighted by atomic mass is 32.2. The van der Waals surface area contributed by atoms with Gasteiger partial charge in [-0.3, -0.25) is 9.89 Å². The zero-order valence-electron chi connectivity index (χ0n) is 15.6. The lowest BCUT2D eigenvalue weighted by Gasteiger charge is -2.56. The van der Waals surface area contributed by atoms with E-state index in [1.54, 1.807) is 7.11 Å². The molecule has 27 heavy (non-hydrogen) atoms. The minimum Gasteiger partial charge on any atom is -0.497 e. The molecule has 4 aliphatic carbocycles.